The highest BCUT2D eigenvalue weighted by atomic mass is 32.1. The molecule has 1 amide bonds. The lowest BCUT2D eigenvalue weighted by molar-refractivity contribution is 0.0477. The number of carbonyl (C=O) groups is 2. The fourth-order valence-electron chi connectivity index (χ4n) is 3.63. The Balaban J connectivity index is 1.30. The van der Waals surface area contributed by atoms with Gasteiger partial charge in [0.1, 0.15) is 11.5 Å². The average Bonchev–Trinajstić information content (AvgIpc) is 3.44. The number of hydrogen-bond acceptors (Lipinski definition) is 7. The quantitative estimate of drug-likeness (QED) is 0.337. The van der Waals surface area contributed by atoms with Crippen molar-refractivity contribution in [1.82, 2.24) is 19.7 Å². The Hall–Kier alpha value is -4.37. The van der Waals surface area contributed by atoms with E-state index in [1.807, 2.05) is 66.7 Å². The predicted octanol–water partition coefficient (Wildman–Crippen LogP) is 5.10. The van der Waals surface area contributed by atoms with Gasteiger partial charge >= 0.3 is 5.97 Å². The molecule has 0 spiro atoms. The molecule has 5 aromatic rings. The third kappa shape index (κ3) is 4.67. The summed E-state index contributed by atoms with van der Waals surface area (Å²) in [5.41, 5.74) is 3.26. The highest BCUT2D eigenvalue weighted by molar-refractivity contribution is 7.17. The molecule has 1 N–H and O–H groups in total. The van der Waals surface area contributed by atoms with Crippen LogP contribution in [0.15, 0.2) is 72.9 Å². The minimum atomic E-state index is -0.476. The highest BCUT2D eigenvalue weighted by Crippen LogP contribution is 2.25. The van der Waals surface area contributed by atoms with Crippen molar-refractivity contribution in [1.29, 1.82) is 0 Å². The van der Waals surface area contributed by atoms with Gasteiger partial charge < -0.3 is 4.74 Å². The van der Waals surface area contributed by atoms with Crippen LogP contribution >= 0.6 is 11.3 Å². The van der Waals surface area contributed by atoms with Crippen molar-refractivity contribution in [3.63, 3.8) is 0 Å². The van der Waals surface area contributed by atoms with E-state index in [0.29, 0.717) is 32.8 Å². The number of amides is 1. The summed E-state index contributed by atoms with van der Waals surface area (Å²) in [4.78, 5) is 34.8. The molecular formula is C26H21N5O3S. The monoisotopic (exact) mass is 483 g/mol. The van der Waals surface area contributed by atoms with E-state index >= 15 is 0 Å². The van der Waals surface area contributed by atoms with E-state index in [1.165, 1.54) is 6.20 Å². The molecule has 0 fully saturated rings. The Labute approximate surface area is 205 Å². The second-order valence-electron chi connectivity index (χ2n) is 7.87. The van der Waals surface area contributed by atoms with Gasteiger partial charge in [-0.2, -0.15) is 5.10 Å². The van der Waals surface area contributed by atoms with Crippen LogP contribution in [-0.4, -0.2) is 31.6 Å². The molecule has 0 atom stereocenters. The summed E-state index contributed by atoms with van der Waals surface area (Å²) in [7, 11) is 0. The number of carbonyl (C=O) groups excluding carboxylic acids is 2. The van der Waals surface area contributed by atoms with Gasteiger partial charge in [-0.3, -0.25) is 10.1 Å². The Bertz CT molecular complexity index is 1540. The van der Waals surface area contributed by atoms with Crippen LogP contribution in [0.1, 0.15) is 37.0 Å². The van der Waals surface area contributed by atoms with Gasteiger partial charge in [-0.1, -0.05) is 59.9 Å². The first-order chi connectivity index (χ1) is 17.0. The number of benzene rings is 2. The average molecular weight is 484 g/mol. The molecule has 35 heavy (non-hydrogen) atoms. The van der Waals surface area contributed by atoms with Crippen LogP contribution in [0.5, 0.6) is 0 Å². The van der Waals surface area contributed by atoms with Crippen molar-refractivity contribution in [3.05, 3.63) is 100 Å². The predicted molar refractivity (Wildman–Crippen MR) is 134 cm³/mol. The molecule has 0 aliphatic carbocycles. The zero-order valence-electron chi connectivity index (χ0n) is 19.1. The molecule has 0 aliphatic rings. The largest absolute Gasteiger partial charge is 0.457 e. The van der Waals surface area contributed by atoms with Crippen molar-refractivity contribution in [2.45, 2.75) is 20.5 Å². The zero-order chi connectivity index (χ0) is 24.4. The summed E-state index contributed by atoms with van der Waals surface area (Å²) in [6, 6.07) is 21.1. The molecule has 2 aromatic carbocycles. The smallest absolute Gasteiger partial charge is 0.350 e. The van der Waals surface area contributed by atoms with E-state index in [4.69, 9.17) is 4.74 Å². The molecule has 8 nitrogen and oxygen atoms in total. The van der Waals surface area contributed by atoms with Crippen LogP contribution in [0, 0.1) is 13.8 Å². The lowest BCUT2D eigenvalue weighted by Crippen LogP contribution is -2.13. The van der Waals surface area contributed by atoms with E-state index in [2.05, 4.69) is 20.4 Å². The number of ether oxygens (including phenoxy) is 1. The summed E-state index contributed by atoms with van der Waals surface area (Å²) in [5, 5.41) is 8.47. The normalized spacial score (nSPS) is 10.9. The standard InChI is InChI=1S/C26H21N5O3S/c1-16-23(25(33)34-15-18-8-4-3-5-9-18)35-26(28-16)30-24(32)20-14-27-31(17(20)2)22-13-12-19-10-6-7-11-21(19)29-22/h3-14H,15H2,1-2H3,(H,28,30,32). The van der Waals surface area contributed by atoms with Crippen molar-refractivity contribution in [2.75, 3.05) is 5.32 Å². The Morgan fingerprint density at radius 1 is 0.971 bits per heavy atom. The molecular weight excluding hydrogens is 462 g/mol. The number of rotatable bonds is 6. The first-order valence-electron chi connectivity index (χ1n) is 10.9. The van der Waals surface area contributed by atoms with Crippen molar-refractivity contribution < 1.29 is 14.3 Å². The molecule has 0 saturated heterocycles. The Morgan fingerprint density at radius 2 is 1.74 bits per heavy atom. The van der Waals surface area contributed by atoms with Crippen molar-refractivity contribution in [3.8, 4) is 5.82 Å². The third-order valence-electron chi connectivity index (χ3n) is 5.47. The van der Waals surface area contributed by atoms with Gasteiger partial charge in [0.15, 0.2) is 10.9 Å². The van der Waals surface area contributed by atoms with E-state index in [-0.39, 0.29) is 12.5 Å². The maximum Gasteiger partial charge on any atom is 0.350 e. The van der Waals surface area contributed by atoms with Gasteiger partial charge in [0.25, 0.3) is 5.91 Å². The van der Waals surface area contributed by atoms with Gasteiger partial charge in [-0.05, 0) is 37.6 Å². The summed E-state index contributed by atoms with van der Waals surface area (Å²) < 4.78 is 7.02. The third-order valence-corrected chi connectivity index (χ3v) is 6.52. The number of nitrogens with one attached hydrogen (secondary N) is 1. The van der Waals surface area contributed by atoms with E-state index in [9.17, 15) is 9.59 Å². The molecule has 3 aromatic heterocycles. The number of nitrogens with zero attached hydrogens (tertiary/aromatic N) is 4. The van der Waals surface area contributed by atoms with Gasteiger partial charge in [-0.15, -0.1) is 0 Å². The number of fused-ring (bicyclic) bond motifs is 1. The number of pyridine rings is 1. The first-order valence-corrected chi connectivity index (χ1v) is 11.7. The molecule has 3 heterocycles. The van der Waals surface area contributed by atoms with Crippen LogP contribution in [-0.2, 0) is 11.3 Å². The molecule has 5 rings (SSSR count). The molecule has 0 bridgehead atoms. The van der Waals surface area contributed by atoms with Crippen LogP contribution in [0.25, 0.3) is 16.7 Å². The minimum absolute atomic E-state index is 0.167. The van der Waals surface area contributed by atoms with Gasteiger partial charge in [0.05, 0.1) is 28.7 Å². The summed E-state index contributed by atoms with van der Waals surface area (Å²) in [6.07, 6.45) is 1.50. The topological polar surface area (TPSA) is 99.0 Å². The number of thiazole rings is 1. The second kappa shape index (κ2) is 9.47. The second-order valence-corrected chi connectivity index (χ2v) is 8.87. The maximum absolute atomic E-state index is 13.0. The lowest BCUT2D eigenvalue weighted by Gasteiger charge is -2.06. The maximum atomic E-state index is 13.0. The van der Waals surface area contributed by atoms with Crippen LogP contribution < -0.4 is 5.32 Å². The number of aryl methyl sites for hydroxylation is 1. The van der Waals surface area contributed by atoms with Gasteiger partial charge in [-0.25, -0.2) is 19.4 Å². The van der Waals surface area contributed by atoms with E-state index in [0.717, 1.165) is 27.8 Å². The molecule has 0 unspecified atom stereocenters. The fourth-order valence-corrected chi connectivity index (χ4v) is 4.48. The molecule has 0 radical (unpaired) electrons. The summed E-state index contributed by atoms with van der Waals surface area (Å²) >= 11 is 1.08. The van der Waals surface area contributed by atoms with Gasteiger partial charge in [0, 0.05) is 5.39 Å². The van der Waals surface area contributed by atoms with Crippen LogP contribution in [0.4, 0.5) is 5.13 Å². The van der Waals surface area contributed by atoms with Crippen molar-refractivity contribution in [2.24, 2.45) is 0 Å². The summed E-state index contributed by atoms with van der Waals surface area (Å²) in [6.45, 7) is 3.68. The minimum Gasteiger partial charge on any atom is -0.457 e. The Morgan fingerprint density at radius 3 is 2.57 bits per heavy atom. The number of esters is 1. The highest BCUT2D eigenvalue weighted by Gasteiger charge is 2.21. The fraction of sp³-hybridized carbons (Fsp3) is 0.115. The Kier molecular flexibility index (Phi) is 6.07. The number of hydrogen-bond donors (Lipinski definition) is 1. The molecule has 9 heteroatoms. The molecule has 0 saturated carbocycles. The number of anilines is 1. The number of aromatic nitrogens is 4. The SMILES string of the molecule is Cc1nc(NC(=O)c2cnn(-c3ccc4ccccc4n3)c2C)sc1C(=O)OCc1ccccc1. The van der Waals surface area contributed by atoms with E-state index < -0.39 is 5.97 Å². The molecule has 174 valence electrons. The van der Waals surface area contributed by atoms with Crippen LogP contribution in [0.2, 0.25) is 0 Å². The zero-order valence-corrected chi connectivity index (χ0v) is 19.9. The van der Waals surface area contributed by atoms with Crippen molar-refractivity contribution >= 4 is 39.2 Å². The summed E-state index contributed by atoms with van der Waals surface area (Å²) in [5.74, 6) is -0.225. The number of para-hydroxylation sites is 1. The van der Waals surface area contributed by atoms with Crippen LogP contribution in [0.3, 0.4) is 0 Å². The van der Waals surface area contributed by atoms with Gasteiger partial charge in [0.2, 0.25) is 0 Å². The molecule has 0 aliphatic heterocycles. The first kappa shape index (κ1) is 22.4. The lowest BCUT2D eigenvalue weighted by atomic mass is 10.2. The van der Waals surface area contributed by atoms with E-state index in [1.54, 1.807) is 18.5 Å².